The number of nitrogens with zero attached hydrogens (tertiary/aromatic N) is 2. The minimum Gasteiger partial charge on any atom is -0.391 e. The number of aliphatic hydroxyl groups is 1. The van der Waals surface area contributed by atoms with Crippen LogP contribution in [0.2, 0.25) is 0 Å². The van der Waals surface area contributed by atoms with Gasteiger partial charge < -0.3 is 20.1 Å². The van der Waals surface area contributed by atoms with E-state index in [-0.39, 0.29) is 6.10 Å². The number of hydrogen-bond acceptors (Lipinski definition) is 3. The highest BCUT2D eigenvalue weighted by Gasteiger charge is 2.22. The van der Waals surface area contributed by atoms with Crippen molar-refractivity contribution in [2.75, 3.05) is 26.7 Å². The van der Waals surface area contributed by atoms with Crippen molar-refractivity contribution in [2.45, 2.75) is 32.6 Å². The van der Waals surface area contributed by atoms with Gasteiger partial charge >= 0.3 is 0 Å². The standard InChI is InChI=1S/C16H25N3O2/c1-3-17-16(19-9-8-15(20)11-19)18-10-13-6-4-5-7-14(13)12-21-2/h4-7,15,20H,3,8-12H2,1-2H3,(H,17,18)/t15-/m1/s1. The van der Waals surface area contributed by atoms with Crippen LogP contribution in [0.4, 0.5) is 0 Å². The van der Waals surface area contributed by atoms with Crippen molar-refractivity contribution in [3.63, 3.8) is 0 Å². The van der Waals surface area contributed by atoms with Gasteiger partial charge in [0, 0.05) is 26.7 Å². The molecule has 0 spiro atoms. The van der Waals surface area contributed by atoms with Crippen LogP contribution in [0, 0.1) is 0 Å². The summed E-state index contributed by atoms with van der Waals surface area (Å²) in [6, 6.07) is 8.20. The summed E-state index contributed by atoms with van der Waals surface area (Å²) < 4.78 is 5.23. The van der Waals surface area contributed by atoms with E-state index in [1.165, 1.54) is 11.1 Å². The third kappa shape index (κ3) is 4.44. The van der Waals surface area contributed by atoms with Crippen molar-refractivity contribution >= 4 is 5.96 Å². The van der Waals surface area contributed by atoms with Gasteiger partial charge in [0.25, 0.3) is 0 Å². The molecule has 5 heteroatoms. The first-order valence-electron chi connectivity index (χ1n) is 7.51. The van der Waals surface area contributed by atoms with Gasteiger partial charge in [-0.15, -0.1) is 0 Å². The van der Waals surface area contributed by atoms with Crippen LogP contribution in [0.15, 0.2) is 29.3 Å². The molecule has 116 valence electrons. The Balaban J connectivity index is 2.08. The summed E-state index contributed by atoms with van der Waals surface area (Å²) in [4.78, 5) is 6.83. The number of aliphatic imine (C=N–C) groups is 1. The van der Waals surface area contributed by atoms with Crippen molar-refractivity contribution in [2.24, 2.45) is 4.99 Å². The lowest BCUT2D eigenvalue weighted by atomic mass is 10.1. The Labute approximate surface area is 126 Å². The summed E-state index contributed by atoms with van der Waals surface area (Å²) >= 11 is 0. The molecule has 0 unspecified atom stereocenters. The predicted octanol–water partition coefficient (Wildman–Crippen LogP) is 1.37. The minimum absolute atomic E-state index is 0.241. The fraction of sp³-hybridized carbons (Fsp3) is 0.562. The molecule has 1 heterocycles. The molecular weight excluding hydrogens is 266 g/mol. The molecule has 2 N–H and O–H groups in total. The third-order valence-corrected chi connectivity index (χ3v) is 3.62. The SMILES string of the molecule is CCNC(=NCc1ccccc1COC)N1CC[C@@H](O)C1. The highest BCUT2D eigenvalue weighted by Crippen LogP contribution is 2.13. The maximum atomic E-state index is 9.68. The second-order valence-corrected chi connectivity index (χ2v) is 5.26. The van der Waals surface area contributed by atoms with E-state index in [0.29, 0.717) is 19.7 Å². The third-order valence-electron chi connectivity index (χ3n) is 3.62. The lowest BCUT2D eigenvalue weighted by Gasteiger charge is -2.21. The Morgan fingerprint density at radius 3 is 2.81 bits per heavy atom. The second kappa shape index (κ2) is 8.00. The molecule has 1 aromatic carbocycles. The van der Waals surface area contributed by atoms with Crippen LogP contribution in [0.3, 0.4) is 0 Å². The van der Waals surface area contributed by atoms with Crippen molar-refractivity contribution in [1.29, 1.82) is 0 Å². The zero-order valence-corrected chi connectivity index (χ0v) is 12.9. The lowest BCUT2D eigenvalue weighted by molar-refractivity contribution is 0.184. The first-order chi connectivity index (χ1) is 10.2. The van der Waals surface area contributed by atoms with Crippen LogP contribution in [-0.4, -0.2) is 48.8 Å². The molecule has 2 rings (SSSR count). The van der Waals surface area contributed by atoms with Gasteiger partial charge in [-0.1, -0.05) is 24.3 Å². The molecule has 0 aromatic heterocycles. The Kier molecular flexibility index (Phi) is 6.02. The van der Waals surface area contributed by atoms with Crippen LogP contribution in [-0.2, 0) is 17.9 Å². The highest BCUT2D eigenvalue weighted by molar-refractivity contribution is 5.80. The average Bonchev–Trinajstić information content (AvgIpc) is 2.91. The molecule has 1 aliphatic heterocycles. The fourth-order valence-corrected chi connectivity index (χ4v) is 2.53. The van der Waals surface area contributed by atoms with Gasteiger partial charge in [-0.25, -0.2) is 4.99 Å². The first-order valence-corrected chi connectivity index (χ1v) is 7.51. The number of guanidine groups is 1. The molecule has 1 aromatic rings. The van der Waals surface area contributed by atoms with Crippen LogP contribution < -0.4 is 5.32 Å². The van der Waals surface area contributed by atoms with Gasteiger partial charge in [-0.3, -0.25) is 0 Å². The van der Waals surface area contributed by atoms with E-state index in [0.717, 1.165) is 25.5 Å². The zero-order valence-electron chi connectivity index (χ0n) is 12.9. The number of methoxy groups -OCH3 is 1. The van der Waals surface area contributed by atoms with Gasteiger partial charge in [0.1, 0.15) is 0 Å². The summed E-state index contributed by atoms with van der Waals surface area (Å²) in [5.41, 5.74) is 2.34. The zero-order chi connectivity index (χ0) is 15.1. The molecule has 0 bridgehead atoms. The smallest absolute Gasteiger partial charge is 0.194 e. The van der Waals surface area contributed by atoms with Crippen molar-refractivity contribution < 1.29 is 9.84 Å². The van der Waals surface area contributed by atoms with Gasteiger partial charge in [-0.05, 0) is 24.5 Å². The molecule has 5 nitrogen and oxygen atoms in total. The van der Waals surface area contributed by atoms with Crippen LogP contribution >= 0.6 is 0 Å². The Hall–Kier alpha value is -1.59. The summed E-state index contributed by atoms with van der Waals surface area (Å²) in [6.07, 6.45) is 0.569. The fourth-order valence-electron chi connectivity index (χ4n) is 2.53. The number of β-amino-alcohol motifs (C(OH)–C–C–N with tert-alkyl or cyclic N) is 1. The number of likely N-dealkylation sites (tertiary alicyclic amines) is 1. The molecule has 0 saturated carbocycles. The largest absolute Gasteiger partial charge is 0.391 e. The van der Waals surface area contributed by atoms with E-state index in [1.807, 2.05) is 12.1 Å². The Morgan fingerprint density at radius 1 is 1.43 bits per heavy atom. The topological polar surface area (TPSA) is 57.1 Å². The van der Waals surface area contributed by atoms with E-state index in [9.17, 15) is 5.11 Å². The van der Waals surface area contributed by atoms with E-state index in [2.05, 4.69) is 29.3 Å². The van der Waals surface area contributed by atoms with Crippen molar-refractivity contribution in [3.8, 4) is 0 Å². The molecule has 1 saturated heterocycles. The van der Waals surface area contributed by atoms with E-state index >= 15 is 0 Å². The quantitative estimate of drug-likeness (QED) is 0.635. The number of rotatable bonds is 5. The number of ether oxygens (including phenoxy) is 1. The summed E-state index contributed by atoms with van der Waals surface area (Å²) in [7, 11) is 1.70. The Bertz CT molecular complexity index is 476. The monoisotopic (exact) mass is 291 g/mol. The molecule has 21 heavy (non-hydrogen) atoms. The van der Waals surface area contributed by atoms with Crippen molar-refractivity contribution in [3.05, 3.63) is 35.4 Å². The van der Waals surface area contributed by atoms with E-state index in [4.69, 9.17) is 9.73 Å². The maximum absolute atomic E-state index is 9.68. The summed E-state index contributed by atoms with van der Waals surface area (Å²) in [6.45, 7) is 5.61. The normalized spacial score (nSPS) is 19.1. The van der Waals surface area contributed by atoms with Gasteiger partial charge in [-0.2, -0.15) is 0 Å². The van der Waals surface area contributed by atoms with E-state index in [1.54, 1.807) is 7.11 Å². The number of aliphatic hydroxyl groups excluding tert-OH is 1. The van der Waals surface area contributed by atoms with Crippen LogP contribution in [0.5, 0.6) is 0 Å². The average molecular weight is 291 g/mol. The highest BCUT2D eigenvalue weighted by atomic mass is 16.5. The predicted molar refractivity (Wildman–Crippen MR) is 84.2 cm³/mol. The van der Waals surface area contributed by atoms with Gasteiger partial charge in [0.2, 0.25) is 0 Å². The molecule has 1 aliphatic rings. The molecule has 0 amide bonds. The molecule has 1 fully saturated rings. The molecule has 0 radical (unpaired) electrons. The second-order valence-electron chi connectivity index (χ2n) is 5.26. The van der Waals surface area contributed by atoms with Crippen molar-refractivity contribution in [1.82, 2.24) is 10.2 Å². The lowest BCUT2D eigenvalue weighted by Crippen LogP contribution is -2.40. The van der Waals surface area contributed by atoms with Gasteiger partial charge in [0.15, 0.2) is 5.96 Å². The van der Waals surface area contributed by atoms with Gasteiger partial charge in [0.05, 0.1) is 19.3 Å². The van der Waals surface area contributed by atoms with E-state index < -0.39 is 0 Å². The Morgan fingerprint density at radius 2 is 2.19 bits per heavy atom. The first kappa shape index (κ1) is 15.8. The summed E-state index contributed by atoms with van der Waals surface area (Å²) in [5, 5.41) is 13.0. The molecule has 0 aliphatic carbocycles. The van der Waals surface area contributed by atoms with Crippen LogP contribution in [0.1, 0.15) is 24.5 Å². The minimum atomic E-state index is -0.241. The number of nitrogens with one attached hydrogen (secondary N) is 1. The maximum Gasteiger partial charge on any atom is 0.194 e. The molecular formula is C16H25N3O2. The number of hydrogen-bond donors (Lipinski definition) is 2. The summed E-state index contributed by atoms with van der Waals surface area (Å²) in [5.74, 6) is 0.876. The number of benzene rings is 1. The van der Waals surface area contributed by atoms with Crippen LogP contribution in [0.25, 0.3) is 0 Å². The molecule has 1 atom stereocenters.